The Balaban J connectivity index is 2.75. The molecule has 16 heavy (non-hydrogen) atoms. The predicted octanol–water partition coefficient (Wildman–Crippen LogP) is 2.48. The maximum Gasteiger partial charge on any atom is 0.497 e. The van der Waals surface area contributed by atoms with Crippen LogP contribution in [0.3, 0.4) is 0 Å². The number of phosphoric acid groups is 1. The molecular formula is C8H11Cl2O4PSi. The van der Waals surface area contributed by atoms with Crippen molar-refractivity contribution >= 4 is 46.5 Å². The molecule has 0 aliphatic carbocycles. The minimum absolute atomic E-state index is 1.00. The van der Waals surface area contributed by atoms with E-state index in [1.807, 2.05) is 32.0 Å². The first kappa shape index (κ1) is 14.2. The fraction of sp³-hybridized carbons (Fsp3) is 0.250. The lowest BCUT2D eigenvalue weighted by molar-refractivity contribution is 0.326. The summed E-state index contributed by atoms with van der Waals surface area (Å²) < 4.78 is 24.6. The first-order valence-corrected chi connectivity index (χ1v) is 7.79. The molecule has 0 amide bonds. The molecule has 0 saturated carbocycles. The van der Waals surface area contributed by atoms with Crippen LogP contribution in [0, 0.1) is 13.8 Å². The van der Waals surface area contributed by atoms with Crippen molar-refractivity contribution in [1.82, 2.24) is 0 Å². The van der Waals surface area contributed by atoms with Gasteiger partial charge in [-0.15, -0.1) is 0 Å². The molecule has 0 bridgehead atoms. The molecule has 0 heterocycles. The summed E-state index contributed by atoms with van der Waals surface area (Å²) in [6.45, 7) is 3.96. The molecule has 0 aliphatic heterocycles. The lowest BCUT2D eigenvalue weighted by Gasteiger charge is -2.12. The smallest absolute Gasteiger partial charge is 0.330 e. The summed E-state index contributed by atoms with van der Waals surface area (Å²) in [5.41, 5.74) is 2.24. The Kier molecular flexibility index (Phi) is 5.47. The third-order valence-corrected chi connectivity index (χ3v) is 6.47. The van der Waals surface area contributed by atoms with Gasteiger partial charge in [-0.2, -0.15) is 8.15 Å². The van der Waals surface area contributed by atoms with Crippen LogP contribution in [0.2, 0.25) is 0 Å². The Morgan fingerprint density at radius 2 is 1.88 bits per heavy atom. The van der Waals surface area contributed by atoms with E-state index < -0.39 is 17.6 Å². The molecular weight excluding hydrogens is 290 g/mol. The van der Waals surface area contributed by atoms with Gasteiger partial charge in [0.05, 0.1) is 23.7 Å². The molecule has 0 atom stereocenters. The average Bonchev–Trinajstić information content (AvgIpc) is 2.31. The predicted molar refractivity (Wildman–Crippen MR) is 66.7 cm³/mol. The number of aryl methyl sites for hydroxylation is 1. The third-order valence-electron chi connectivity index (χ3n) is 2.26. The lowest BCUT2D eigenvalue weighted by Crippen LogP contribution is -2.20. The Bertz CT molecular complexity index is 407. The van der Waals surface area contributed by atoms with Crippen molar-refractivity contribution < 1.29 is 16.9 Å². The summed E-state index contributed by atoms with van der Waals surface area (Å²) in [6, 6.07) is 5.80. The van der Waals surface area contributed by atoms with E-state index in [1.165, 1.54) is 0 Å². The molecule has 0 spiro atoms. The van der Waals surface area contributed by atoms with Gasteiger partial charge in [0.1, 0.15) is 0 Å². The Hall–Kier alpha value is 0.127. The van der Waals surface area contributed by atoms with Crippen molar-refractivity contribution in [3.8, 4) is 0 Å². The standard InChI is InChI=1S/C8H11Cl2O4PSi/c1-6-4-3-5-8(7(6)2)16-14-15(11,12-9)13-10/h3-5H,16H2,1-2H3. The van der Waals surface area contributed by atoms with Crippen LogP contribution < -0.4 is 5.19 Å². The molecule has 0 N–H and O–H groups in total. The quantitative estimate of drug-likeness (QED) is 0.619. The number of halogens is 2. The van der Waals surface area contributed by atoms with Crippen LogP contribution in [-0.4, -0.2) is 9.76 Å². The summed E-state index contributed by atoms with van der Waals surface area (Å²) in [7, 11) is -5.06. The van der Waals surface area contributed by atoms with Crippen LogP contribution in [-0.2, 0) is 16.9 Å². The van der Waals surface area contributed by atoms with E-state index in [4.69, 9.17) is 27.9 Å². The van der Waals surface area contributed by atoms with E-state index in [2.05, 4.69) is 8.15 Å². The minimum Gasteiger partial charge on any atom is -0.330 e. The van der Waals surface area contributed by atoms with Crippen LogP contribution in [0.5, 0.6) is 0 Å². The Labute approximate surface area is 107 Å². The molecule has 8 heteroatoms. The highest BCUT2D eigenvalue weighted by Gasteiger charge is 2.26. The molecule has 0 aromatic heterocycles. The molecule has 0 fully saturated rings. The van der Waals surface area contributed by atoms with E-state index >= 15 is 0 Å². The zero-order chi connectivity index (χ0) is 12.2. The SMILES string of the molecule is Cc1cccc([SiH2]OP(=O)(OCl)OCl)c1C. The third kappa shape index (κ3) is 3.57. The first-order valence-electron chi connectivity index (χ1n) is 4.43. The first-order chi connectivity index (χ1) is 7.52. The van der Waals surface area contributed by atoms with E-state index in [0.717, 1.165) is 16.3 Å². The molecule has 4 nitrogen and oxygen atoms in total. The second-order valence-corrected chi connectivity index (χ2v) is 7.30. The second-order valence-electron chi connectivity index (χ2n) is 3.22. The lowest BCUT2D eigenvalue weighted by atomic mass is 10.1. The normalized spacial score (nSPS) is 12.5. The largest absolute Gasteiger partial charge is 0.497 e. The molecule has 0 unspecified atom stereocenters. The molecule has 1 aromatic rings. The van der Waals surface area contributed by atoms with Gasteiger partial charge in [0, 0.05) is 0 Å². The fourth-order valence-electron chi connectivity index (χ4n) is 1.17. The molecule has 0 aliphatic rings. The zero-order valence-corrected chi connectivity index (χ0v) is 12.6. The van der Waals surface area contributed by atoms with E-state index in [1.54, 1.807) is 0 Å². The van der Waals surface area contributed by atoms with Gasteiger partial charge >= 0.3 is 7.82 Å². The van der Waals surface area contributed by atoms with Crippen molar-refractivity contribution in [3.05, 3.63) is 29.3 Å². The van der Waals surface area contributed by atoms with Crippen molar-refractivity contribution in [2.75, 3.05) is 0 Å². The summed E-state index contributed by atoms with van der Waals surface area (Å²) in [5.74, 6) is 0. The van der Waals surface area contributed by atoms with Gasteiger partial charge in [-0.3, -0.25) is 0 Å². The number of hydrogen-bond donors (Lipinski definition) is 0. The molecule has 1 rings (SSSR count). The van der Waals surface area contributed by atoms with Crippen LogP contribution >= 0.6 is 31.6 Å². The Morgan fingerprint density at radius 1 is 1.25 bits per heavy atom. The highest BCUT2D eigenvalue weighted by atomic mass is 35.5. The minimum atomic E-state index is -3.79. The van der Waals surface area contributed by atoms with Gasteiger partial charge in [0.15, 0.2) is 0 Å². The topological polar surface area (TPSA) is 44.8 Å². The van der Waals surface area contributed by atoms with Gasteiger partial charge in [-0.25, -0.2) is 4.57 Å². The second kappa shape index (κ2) is 6.17. The van der Waals surface area contributed by atoms with Crippen LogP contribution in [0.1, 0.15) is 11.1 Å². The fourth-order valence-corrected chi connectivity index (χ4v) is 4.40. The monoisotopic (exact) mass is 300 g/mol. The highest BCUT2D eigenvalue weighted by molar-refractivity contribution is 7.51. The molecule has 0 radical (unpaired) electrons. The van der Waals surface area contributed by atoms with Gasteiger partial charge in [0.2, 0.25) is 9.76 Å². The van der Waals surface area contributed by atoms with Gasteiger partial charge in [0.25, 0.3) is 0 Å². The number of rotatable bonds is 5. The van der Waals surface area contributed by atoms with Crippen LogP contribution in [0.4, 0.5) is 0 Å². The van der Waals surface area contributed by atoms with E-state index in [0.29, 0.717) is 0 Å². The summed E-state index contributed by atoms with van der Waals surface area (Å²) >= 11 is 9.94. The Morgan fingerprint density at radius 3 is 2.44 bits per heavy atom. The van der Waals surface area contributed by atoms with Crippen LogP contribution in [0.15, 0.2) is 18.2 Å². The highest BCUT2D eigenvalue weighted by Crippen LogP contribution is 2.51. The molecule has 0 saturated heterocycles. The average molecular weight is 301 g/mol. The number of benzene rings is 1. The zero-order valence-electron chi connectivity index (χ0n) is 8.78. The summed E-state index contributed by atoms with van der Waals surface area (Å²) in [6.07, 6.45) is 0. The van der Waals surface area contributed by atoms with E-state index in [-0.39, 0.29) is 0 Å². The maximum absolute atomic E-state index is 11.4. The van der Waals surface area contributed by atoms with Crippen molar-refractivity contribution in [1.29, 1.82) is 0 Å². The van der Waals surface area contributed by atoms with Crippen LogP contribution in [0.25, 0.3) is 0 Å². The number of hydrogen-bond acceptors (Lipinski definition) is 4. The van der Waals surface area contributed by atoms with E-state index in [9.17, 15) is 4.57 Å². The summed E-state index contributed by atoms with van der Waals surface area (Å²) in [4.78, 5) is 0. The molecule has 1 aromatic carbocycles. The van der Waals surface area contributed by atoms with Crippen molar-refractivity contribution in [2.45, 2.75) is 13.8 Å². The van der Waals surface area contributed by atoms with Crippen molar-refractivity contribution in [2.24, 2.45) is 0 Å². The maximum atomic E-state index is 11.4. The molecule has 90 valence electrons. The summed E-state index contributed by atoms with van der Waals surface area (Å²) in [5, 5.41) is 1.00. The van der Waals surface area contributed by atoms with Gasteiger partial charge in [-0.1, -0.05) is 18.2 Å². The van der Waals surface area contributed by atoms with Gasteiger partial charge < -0.3 is 4.21 Å². The van der Waals surface area contributed by atoms with Gasteiger partial charge in [-0.05, 0) is 30.2 Å². The van der Waals surface area contributed by atoms with Crippen molar-refractivity contribution in [3.63, 3.8) is 0 Å².